The number of hydrogen-bond acceptors (Lipinski definition) is 6. The number of ether oxygens (including phenoxy) is 2. The summed E-state index contributed by atoms with van der Waals surface area (Å²) >= 11 is 5.96. The van der Waals surface area contributed by atoms with E-state index in [2.05, 4.69) is 10.8 Å². The molecule has 0 radical (unpaired) electrons. The van der Waals surface area contributed by atoms with Crippen molar-refractivity contribution in [2.45, 2.75) is 44.0 Å². The lowest BCUT2D eigenvalue weighted by Gasteiger charge is -2.30. The molecule has 1 aliphatic carbocycles. The van der Waals surface area contributed by atoms with Crippen LogP contribution in [0.4, 0.5) is 5.69 Å². The van der Waals surface area contributed by atoms with Gasteiger partial charge in [-0.2, -0.15) is 5.10 Å². The fourth-order valence-electron chi connectivity index (χ4n) is 6.12. The van der Waals surface area contributed by atoms with Crippen LogP contribution in [-0.2, 0) is 10.0 Å². The molecular formula is C37H36ClN3O5S. The summed E-state index contributed by atoms with van der Waals surface area (Å²) in [7, 11) is -3.98. The largest absolute Gasteiger partial charge is 0.494 e. The molecule has 6 rings (SSSR count). The third-order valence-corrected chi connectivity index (χ3v) is 9.89. The Balaban J connectivity index is 1.35. The summed E-state index contributed by atoms with van der Waals surface area (Å²) in [6.45, 7) is 5.04. The quantitative estimate of drug-likeness (QED) is 0.183. The standard InChI is InChI=1S/C37H36ClN3O5S/c1-3-45-31-19-11-25(12-20-31)23-27-7-6-10-34-35(27)39-41(36(34)26-13-21-32(22-14-26)46-4-2)37(42)28-8-5-9-33(24-28)47(43,44)40-30-17-15-29(38)16-18-30/h5,8-9,11-24,34,36,40H,3-4,6-7,10H2,1-2H3. The predicted molar refractivity (Wildman–Crippen MR) is 186 cm³/mol. The van der Waals surface area contributed by atoms with Crippen LogP contribution in [0, 0.1) is 5.92 Å². The summed E-state index contributed by atoms with van der Waals surface area (Å²) in [5.74, 6) is 1.15. The van der Waals surface area contributed by atoms with Gasteiger partial charge in [-0.25, -0.2) is 13.4 Å². The van der Waals surface area contributed by atoms with Gasteiger partial charge < -0.3 is 9.47 Å². The first-order valence-corrected chi connectivity index (χ1v) is 17.6. The first kappa shape index (κ1) is 32.3. The van der Waals surface area contributed by atoms with Gasteiger partial charge in [0.05, 0.1) is 29.9 Å². The van der Waals surface area contributed by atoms with Gasteiger partial charge in [-0.15, -0.1) is 0 Å². The zero-order valence-corrected chi connectivity index (χ0v) is 27.8. The Hall–Kier alpha value is -4.60. The zero-order chi connectivity index (χ0) is 33.0. The number of nitrogens with zero attached hydrogens (tertiary/aromatic N) is 2. The number of anilines is 1. The average Bonchev–Trinajstić information content (AvgIpc) is 3.48. The number of hydrazone groups is 1. The van der Waals surface area contributed by atoms with E-state index in [1.807, 2.05) is 62.4 Å². The minimum Gasteiger partial charge on any atom is -0.494 e. The van der Waals surface area contributed by atoms with Crippen molar-refractivity contribution in [2.75, 3.05) is 17.9 Å². The molecule has 4 aromatic rings. The van der Waals surface area contributed by atoms with Crippen LogP contribution in [0.1, 0.15) is 60.6 Å². The molecule has 0 aromatic heterocycles. The minimum absolute atomic E-state index is 0.0296. The SMILES string of the molecule is CCOc1ccc(C=C2CCCC3C2=NN(C(=O)c2cccc(S(=O)(=O)Nc4ccc(Cl)cc4)c2)C3c2ccc(OCC)cc2)cc1. The first-order valence-electron chi connectivity index (χ1n) is 15.7. The van der Waals surface area contributed by atoms with Gasteiger partial charge in [-0.1, -0.05) is 41.9 Å². The number of halogens is 1. The van der Waals surface area contributed by atoms with E-state index in [4.69, 9.17) is 26.2 Å². The lowest BCUT2D eigenvalue weighted by Crippen LogP contribution is -2.32. The van der Waals surface area contributed by atoms with E-state index in [1.165, 1.54) is 17.1 Å². The number of carbonyl (C=O) groups is 1. The molecule has 4 aromatic carbocycles. The Labute approximate surface area is 280 Å². The predicted octanol–water partition coefficient (Wildman–Crippen LogP) is 8.38. The maximum Gasteiger partial charge on any atom is 0.274 e. The summed E-state index contributed by atoms with van der Waals surface area (Å²) in [5, 5.41) is 7.02. The zero-order valence-electron chi connectivity index (χ0n) is 26.2. The number of nitrogens with one attached hydrogen (secondary N) is 1. The highest BCUT2D eigenvalue weighted by Gasteiger charge is 2.44. The van der Waals surface area contributed by atoms with Crippen LogP contribution in [-0.4, -0.2) is 38.3 Å². The molecule has 2 atom stereocenters. The monoisotopic (exact) mass is 669 g/mol. The van der Waals surface area contributed by atoms with Crippen molar-refractivity contribution in [3.63, 3.8) is 0 Å². The second kappa shape index (κ2) is 14.0. The normalized spacial score (nSPS) is 18.4. The molecule has 1 heterocycles. The van der Waals surface area contributed by atoms with Crippen LogP contribution in [0.15, 0.2) is 113 Å². The van der Waals surface area contributed by atoms with Crippen molar-refractivity contribution >= 4 is 45.0 Å². The number of benzene rings is 4. The number of amides is 1. The van der Waals surface area contributed by atoms with Gasteiger partial charge in [-0.05, 0) is 123 Å². The molecule has 1 N–H and O–H groups in total. The van der Waals surface area contributed by atoms with Crippen molar-refractivity contribution < 1.29 is 22.7 Å². The van der Waals surface area contributed by atoms with Crippen LogP contribution < -0.4 is 14.2 Å². The molecular weight excluding hydrogens is 634 g/mol. The Bertz CT molecular complexity index is 1910. The highest BCUT2D eigenvalue weighted by atomic mass is 35.5. The molecule has 1 saturated carbocycles. The average molecular weight is 670 g/mol. The van der Waals surface area contributed by atoms with Crippen LogP contribution in [0.3, 0.4) is 0 Å². The molecule has 1 amide bonds. The van der Waals surface area contributed by atoms with Gasteiger partial charge >= 0.3 is 0 Å². The van der Waals surface area contributed by atoms with E-state index in [1.54, 1.807) is 36.4 Å². The van der Waals surface area contributed by atoms with E-state index < -0.39 is 10.0 Å². The van der Waals surface area contributed by atoms with E-state index in [0.29, 0.717) is 23.9 Å². The maximum atomic E-state index is 14.3. The Morgan fingerprint density at radius 2 is 1.60 bits per heavy atom. The molecule has 242 valence electrons. The topological polar surface area (TPSA) is 97.3 Å². The molecule has 0 bridgehead atoms. The molecule has 10 heteroatoms. The minimum atomic E-state index is -3.98. The molecule has 1 fully saturated rings. The molecule has 47 heavy (non-hydrogen) atoms. The van der Waals surface area contributed by atoms with Crippen LogP contribution in [0.2, 0.25) is 5.02 Å². The van der Waals surface area contributed by atoms with Gasteiger partial charge in [0.25, 0.3) is 15.9 Å². The molecule has 8 nitrogen and oxygen atoms in total. The van der Waals surface area contributed by atoms with Gasteiger partial charge in [-0.3, -0.25) is 9.52 Å². The fourth-order valence-corrected chi connectivity index (χ4v) is 7.35. The highest BCUT2D eigenvalue weighted by molar-refractivity contribution is 7.92. The van der Waals surface area contributed by atoms with Crippen molar-refractivity contribution in [2.24, 2.45) is 11.0 Å². The summed E-state index contributed by atoms with van der Waals surface area (Å²) in [4.78, 5) is 14.3. The Kier molecular flexibility index (Phi) is 9.66. The van der Waals surface area contributed by atoms with E-state index >= 15 is 0 Å². The lowest BCUT2D eigenvalue weighted by molar-refractivity contribution is 0.0680. The molecule has 0 spiro atoms. The molecule has 1 aliphatic heterocycles. The smallest absolute Gasteiger partial charge is 0.274 e. The van der Waals surface area contributed by atoms with Crippen molar-refractivity contribution in [3.05, 3.63) is 124 Å². The van der Waals surface area contributed by atoms with Crippen LogP contribution >= 0.6 is 11.6 Å². The summed E-state index contributed by atoms with van der Waals surface area (Å²) < 4.78 is 40.5. The number of fused-ring (bicyclic) bond motifs is 1. The molecule has 0 saturated heterocycles. The lowest BCUT2D eigenvalue weighted by atomic mass is 9.77. The second-order valence-electron chi connectivity index (χ2n) is 11.4. The second-order valence-corrected chi connectivity index (χ2v) is 13.5. The van der Waals surface area contributed by atoms with Gasteiger partial charge in [0.1, 0.15) is 11.5 Å². The molecule has 2 aliphatic rings. The number of hydrogen-bond donors (Lipinski definition) is 1. The van der Waals surface area contributed by atoms with E-state index in [-0.39, 0.29) is 28.3 Å². The van der Waals surface area contributed by atoms with Gasteiger partial charge in [0.2, 0.25) is 0 Å². The third kappa shape index (κ3) is 7.21. The van der Waals surface area contributed by atoms with Crippen LogP contribution in [0.25, 0.3) is 6.08 Å². The number of sulfonamides is 1. The fraction of sp³-hybridized carbons (Fsp3) is 0.243. The Morgan fingerprint density at radius 1 is 0.936 bits per heavy atom. The Morgan fingerprint density at radius 3 is 2.26 bits per heavy atom. The number of allylic oxidation sites excluding steroid dienone is 1. The van der Waals surface area contributed by atoms with Gasteiger partial charge in [0.15, 0.2) is 0 Å². The van der Waals surface area contributed by atoms with E-state index in [0.717, 1.165) is 53.2 Å². The summed E-state index contributed by atoms with van der Waals surface area (Å²) in [6.07, 6.45) is 4.79. The van der Waals surface area contributed by atoms with Crippen molar-refractivity contribution in [1.29, 1.82) is 0 Å². The molecule has 2 unspecified atom stereocenters. The number of carbonyl (C=O) groups excluding carboxylic acids is 1. The highest BCUT2D eigenvalue weighted by Crippen LogP contribution is 2.45. The van der Waals surface area contributed by atoms with Crippen LogP contribution in [0.5, 0.6) is 11.5 Å². The van der Waals surface area contributed by atoms with Gasteiger partial charge in [0, 0.05) is 22.2 Å². The number of rotatable bonds is 10. The summed E-state index contributed by atoms with van der Waals surface area (Å²) in [6, 6.07) is 27.8. The third-order valence-electron chi connectivity index (χ3n) is 8.26. The maximum absolute atomic E-state index is 14.3. The van der Waals surface area contributed by atoms with Crippen molar-refractivity contribution in [3.8, 4) is 11.5 Å². The summed E-state index contributed by atoms with van der Waals surface area (Å²) in [5.41, 5.74) is 4.51. The van der Waals surface area contributed by atoms with E-state index in [9.17, 15) is 13.2 Å². The first-order chi connectivity index (χ1) is 22.8. The van der Waals surface area contributed by atoms with Crippen molar-refractivity contribution in [1.82, 2.24) is 5.01 Å².